The Balaban J connectivity index is 3.22. The Morgan fingerprint density at radius 2 is 1.33 bits per heavy atom. The highest BCUT2D eigenvalue weighted by Gasteiger charge is 2.04. The quantitative estimate of drug-likeness (QED) is 0.584. The van der Waals surface area contributed by atoms with E-state index in [9.17, 15) is 0 Å². The number of thioether (sulfide) groups is 1. The highest BCUT2D eigenvalue weighted by Crippen LogP contribution is 2.20. The number of hydrogen-bond acceptors (Lipinski definition) is 1. The molecular formula is C8H16S. The lowest BCUT2D eigenvalue weighted by atomic mass is 10.4. The van der Waals surface area contributed by atoms with E-state index in [0.29, 0.717) is 10.5 Å². The lowest BCUT2D eigenvalue weighted by molar-refractivity contribution is 1.06. The van der Waals surface area contributed by atoms with E-state index < -0.39 is 0 Å². The summed E-state index contributed by atoms with van der Waals surface area (Å²) in [7, 11) is 0. The largest absolute Gasteiger partial charge is 0.155 e. The molecule has 0 aromatic rings. The molecule has 0 aliphatic rings. The Hall–Kier alpha value is 0.350. The van der Waals surface area contributed by atoms with Crippen LogP contribution in [0.5, 0.6) is 0 Å². The molecule has 0 aliphatic heterocycles. The van der Waals surface area contributed by atoms with E-state index in [1.165, 1.54) is 0 Å². The summed E-state index contributed by atoms with van der Waals surface area (Å²) in [5, 5.41) is 1.38. The Kier molecular flexibility index (Phi) is 5.36. The SMILES string of the molecule is C[CH]C(C)SC(C)[CH]C. The average molecular weight is 144 g/mol. The summed E-state index contributed by atoms with van der Waals surface area (Å²) < 4.78 is 0. The second kappa shape index (κ2) is 5.16. The van der Waals surface area contributed by atoms with Gasteiger partial charge in [-0.05, 0) is 12.8 Å². The van der Waals surface area contributed by atoms with Crippen molar-refractivity contribution in [1.82, 2.24) is 0 Å². The molecule has 0 saturated carbocycles. The van der Waals surface area contributed by atoms with E-state index >= 15 is 0 Å². The Morgan fingerprint density at radius 3 is 1.56 bits per heavy atom. The van der Waals surface area contributed by atoms with Crippen LogP contribution in [0.15, 0.2) is 0 Å². The zero-order chi connectivity index (χ0) is 7.28. The monoisotopic (exact) mass is 144 g/mol. The first kappa shape index (κ1) is 9.35. The van der Waals surface area contributed by atoms with Gasteiger partial charge in [-0.3, -0.25) is 0 Å². The third-order valence-electron chi connectivity index (χ3n) is 1.37. The summed E-state index contributed by atoms with van der Waals surface area (Å²) >= 11 is 1.99. The van der Waals surface area contributed by atoms with Gasteiger partial charge in [-0.1, -0.05) is 27.7 Å². The van der Waals surface area contributed by atoms with Gasteiger partial charge in [0.15, 0.2) is 0 Å². The van der Waals surface area contributed by atoms with Gasteiger partial charge in [0.1, 0.15) is 0 Å². The van der Waals surface area contributed by atoms with Crippen LogP contribution in [0.1, 0.15) is 27.7 Å². The van der Waals surface area contributed by atoms with Crippen LogP contribution in [0.2, 0.25) is 0 Å². The standard InChI is InChI=1S/C8H16S/c1-5-7(3)9-8(4)6-2/h5-8H,1-4H3. The average Bonchev–Trinajstić information content (AvgIpc) is 1.87. The first-order valence-electron chi connectivity index (χ1n) is 3.45. The third kappa shape index (κ3) is 4.83. The molecule has 0 aromatic carbocycles. The van der Waals surface area contributed by atoms with Crippen LogP contribution in [-0.4, -0.2) is 10.5 Å². The highest BCUT2D eigenvalue weighted by atomic mass is 32.2. The molecule has 1 heteroatoms. The second-order valence-electron chi connectivity index (χ2n) is 2.21. The minimum atomic E-state index is 0.691. The topological polar surface area (TPSA) is 0 Å². The molecule has 0 aromatic heterocycles. The zero-order valence-corrected chi connectivity index (χ0v) is 7.53. The predicted octanol–water partition coefficient (Wildman–Crippen LogP) is 2.94. The number of hydrogen-bond donors (Lipinski definition) is 0. The molecule has 0 fully saturated rings. The molecule has 2 atom stereocenters. The Labute approximate surface area is 63.4 Å². The summed E-state index contributed by atoms with van der Waals surface area (Å²) in [6.07, 6.45) is 4.45. The Morgan fingerprint density at radius 1 is 1.00 bits per heavy atom. The minimum Gasteiger partial charge on any atom is -0.155 e. The molecular weight excluding hydrogens is 128 g/mol. The van der Waals surface area contributed by atoms with Crippen LogP contribution in [0.4, 0.5) is 0 Å². The Bertz CT molecular complexity index is 53.6. The predicted molar refractivity (Wildman–Crippen MR) is 46.5 cm³/mol. The second-order valence-corrected chi connectivity index (χ2v) is 3.97. The van der Waals surface area contributed by atoms with Gasteiger partial charge in [-0.25, -0.2) is 0 Å². The molecule has 2 radical (unpaired) electrons. The minimum absolute atomic E-state index is 0.691. The van der Waals surface area contributed by atoms with Crippen LogP contribution in [0.3, 0.4) is 0 Å². The first-order valence-corrected chi connectivity index (χ1v) is 4.39. The first-order chi connectivity index (χ1) is 4.20. The van der Waals surface area contributed by atoms with Gasteiger partial charge in [0.2, 0.25) is 0 Å². The third-order valence-corrected chi connectivity index (χ3v) is 2.77. The molecule has 0 aliphatic carbocycles. The van der Waals surface area contributed by atoms with E-state index in [1.54, 1.807) is 0 Å². The van der Waals surface area contributed by atoms with Gasteiger partial charge in [0.05, 0.1) is 0 Å². The molecule has 0 nitrogen and oxygen atoms in total. The van der Waals surface area contributed by atoms with Crippen molar-refractivity contribution in [2.24, 2.45) is 0 Å². The summed E-state index contributed by atoms with van der Waals surface area (Å²) in [6.45, 7) is 8.68. The van der Waals surface area contributed by atoms with Gasteiger partial charge in [-0.2, -0.15) is 11.8 Å². The van der Waals surface area contributed by atoms with Gasteiger partial charge in [0, 0.05) is 10.5 Å². The van der Waals surface area contributed by atoms with Crippen LogP contribution in [0.25, 0.3) is 0 Å². The molecule has 0 N–H and O–H groups in total. The molecule has 2 unspecified atom stereocenters. The summed E-state index contributed by atoms with van der Waals surface area (Å²) in [6, 6.07) is 0. The maximum absolute atomic E-state index is 2.23. The van der Waals surface area contributed by atoms with Crippen molar-refractivity contribution in [1.29, 1.82) is 0 Å². The van der Waals surface area contributed by atoms with Crippen molar-refractivity contribution < 1.29 is 0 Å². The fraction of sp³-hybridized carbons (Fsp3) is 0.750. The lowest BCUT2D eigenvalue weighted by Gasteiger charge is -2.12. The van der Waals surface area contributed by atoms with Gasteiger partial charge < -0.3 is 0 Å². The molecule has 9 heavy (non-hydrogen) atoms. The van der Waals surface area contributed by atoms with E-state index in [0.717, 1.165) is 0 Å². The van der Waals surface area contributed by atoms with Crippen molar-refractivity contribution in [2.75, 3.05) is 0 Å². The van der Waals surface area contributed by atoms with Crippen molar-refractivity contribution in [2.45, 2.75) is 38.2 Å². The maximum atomic E-state index is 2.23. The van der Waals surface area contributed by atoms with E-state index in [4.69, 9.17) is 0 Å². The summed E-state index contributed by atoms with van der Waals surface area (Å²) in [5.74, 6) is 0. The van der Waals surface area contributed by atoms with Crippen LogP contribution >= 0.6 is 11.8 Å². The fourth-order valence-corrected chi connectivity index (χ4v) is 1.49. The van der Waals surface area contributed by atoms with Gasteiger partial charge in [0.25, 0.3) is 0 Å². The normalized spacial score (nSPS) is 17.3. The van der Waals surface area contributed by atoms with Gasteiger partial charge >= 0.3 is 0 Å². The molecule has 0 saturated heterocycles. The highest BCUT2D eigenvalue weighted by molar-refractivity contribution is 8.00. The smallest absolute Gasteiger partial charge is 0.00500 e. The van der Waals surface area contributed by atoms with Crippen molar-refractivity contribution >= 4 is 11.8 Å². The van der Waals surface area contributed by atoms with Crippen molar-refractivity contribution in [3.8, 4) is 0 Å². The van der Waals surface area contributed by atoms with E-state index in [1.807, 2.05) is 11.8 Å². The molecule has 0 rings (SSSR count). The van der Waals surface area contributed by atoms with Gasteiger partial charge in [-0.15, -0.1) is 0 Å². The molecule has 0 bridgehead atoms. The van der Waals surface area contributed by atoms with E-state index in [-0.39, 0.29) is 0 Å². The van der Waals surface area contributed by atoms with Crippen molar-refractivity contribution in [3.05, 3.63) is 12.8 Å². The number of rotatable bonds is 4. The molecule has 0 heterocycles. The lowest BCUT2D eigenvalue weighted by Crippen LogP contribution is -2.02. The van der Waals surface area contributed by atoms with E-state index in [2.05, 4.69) is 40.5 Å². The molecule has 0 spiro atoms. The summed E-state index contributed by atoms with van der Waals surface area (Å²) in [4.78, 5) is 0. The molecule has 54 valence electrons. The van der Waals surface area contributed by atoms with Crippen LogP contribution in [0, 0.1) is 12.8 Å². The molecule has 0 amide bonds. The van der Waals surface area contributed by atoms with Crippen LogP contribution in [-0.2, 0) is 0 Å². The maximum Gasteiger partial charge on any atom is 0.00500 e. The van der Waals surface area contributed by atoms with Crippen LogP contribution < -0.4 is 0 Å². The fourth-order valence-electron chi connectivity index (χ4n) is 0.496. The summed E-state index contributed by atoms with van der Waals surface area (Å²) in [5.41, 5.74) is 0. The van der Waals surface area contributed by atoms with Crippen molar-refractivity contribution in [3.63, 3.8) is 0 Å². The zero-order valence-electron chi connectivity index (χ0n) is 6.72.